The molecule has 98 valence electrons. The molecule has 1 atom stereocenters. The summed E-state index contributed by atoms with van der Waals surface area (Å²) in [6.07, 6.45) is 3.77. The highest BCUT2D eigenvalue weighted by atomic mass is 16.5. The van der Waals surface area contributed by atoms with Crippen molar-refractivity contribution >= 4 is 11.9 Å². The maximum absolute atomic E-state index is 11.3. The van der Waals surface area contributed by atoms with E-state index in [1.807, 2.05) is 0 Å². The van der Waals surface area contributed by atoms with Crippen LogP contribution in [0.15, 0.2) is 0 Å². The average Bonchev–Trinajstić information content (AvgIpc) is 2.49. The number of rotatable bonds is 6. The lowest BCUT2D eigenvalue weighted by Crippen LogP contribution is -2.33. The van der Waals surface area contributed by atoms with Crippen molar-refractivity contribution in [2.24, 2.45) is 0 Å². The number of ether oxygens (including phenoxy) is 1. The molecule has 1 aliphatic rings. The standard InChI is InChI=1S/C12H22N2O3/c1-2-17-12(16)6-4-7-13-10-5-3-8-14-11(15)9-10/h10,13H,2-9H2,1H3,(H,14,15). The van der Waals surface area contributed by atoms with Crippen LogP contribution in [0.1, 0.15) is 39.0 Å². The van der Waals surface area contributed by atoms with Crippen LogP contribution in [-0.4, -0.2) is 37.6 Å². The Morgan fingerprint density at radius 1 is 1.59 bits per heavy atom. The van der Waals surface area contributed by atoms with Crippen LogP contribution in [0.2, 0.25) is 0 Å². The molecule has 0 aromatic carbocycles. The fourth-order valence-electron chi connectivity index (χ4n) is 1.92. The highest BCUT2D eigenvalue weighted by Gasteiger charge is 2.16. The van der Waals surface area contributed by atoms with Crippen molar-refractivity contribution in [3.8, 4) is 0 Å². The third-order valence-corrected chi connectivity index (χ3v) is 2.78. The number of carbonyl (C=O) groups excluding carboxylic acids is 2. The van der Waals surface area contributed by atoms with Gasteiger partial charge in [0.25, 0.3) is 0 Å². The van der Waals surface area contributed by atoms with E-state index in [0.29, 0.717) is 19.4 Å². The second kappa shape index (κ2) is 8.06. The van der Waals surface area contributed by atoms with Gasteiger partial charge in [0.2, 0.25) is 5.91 Å². The molecule has 0 aromatic rings. The summed E-state index contributed by atoms with van der Waals surface area (Å²) in [6, 6.07) is 0.250. The van der Waals surface area contributed by atoms with E-state index in [0.717, 1.165) is 32.4 Å². The molecule has 1 saturated heterocycles. The topological polar surface area (TPSA) is 67.4 Å². The van der Waals surface area contributed by atoms with Crippen molar-refractivity contribution in [2.75, 3.05) is 19.7 Å². The second-order valence-electron chi connectivity index (χ2n) is 4.26. The largest absolute Gasteiger partial charge is 0.466 e. The molecule has 1 rings (SSSR count). The Bertz CT molecular complexity index is 256. The Hall–Kier alpha value is -1.10. The van der Waals surface area contributed by atoms with E-state index in [9.17, 15) is 9.59 Å². The van der Waals surface area contributed by atoms with Crippen LogP contribution in [0.3, 0.4) is 0 Å². The molecule has 1 amide bonds. The van der Waals surface area contributed by atoms with Crippen LogP contribution in [0, 0.1) is 0 Å². The van der Waals surface area contributed by atoms with Gasteiger partial charge in [-0.2, -0.15) is 0 Å². The maximum atomic E-state index is 11.3. The van der Waals surface area contributed by atoms with Crippen molar-refractivity contribution in [2.45, 2.75) is 45.1 Å². The molecule has 0 spiro atoms. The van der Waals surface area contributed by atoms with Crippen molar-refractivity contribution in [3.05, 3.63) is 0 Å². The van der Waals surface area contributed by atoms with E-state index in [2.05, 4.69) is 10.6 Å². The SMILES string of the molecule is CCOC(=O)CCCNC1CCCNC(=O)C1. The molecule has 0 aliphatic carbocycles. The van der Waals surface area contributed by atoms with Crippen LogP contribution in [0.4, 0.5) is 0 Å². The van der Waals surface area contributed by atoms with E-state index in [4.69, 9.17) is 4.74 Å². The summed E-state index contributed by atoms with van der Waals surface area (Å²) >= 11 is 0. The van der Waals surface area contributed by atoms with Gasteiger partial charge >= 0.3 is 5.97 Å². The van der Waals surface area contributed by atoms with Gasteiger partial charge in [-0.1, -0.05) is 0 Å². The monoisotopic (exact) mass is 242 g/mol. The zero-order chi connectivity index (χ0) is 12.5. The summed E-state index contributed by atoms with van der Waals surface area (Å²) < 4.78 is 4.84. The van der Waals surface area contributed by atoms with Gasteiger partial charge in [-0.05, 0) is 32.7 Å². The lowest BCUT2D eigenvalue weighted by molar-refractivity contribution is -0.143. The predicted octanol–water partition coefficient (Wildman–Crippen LogP) is 0.588. The molecule has 2 N–H and O–H groups in total. The van der Waals surface area contributed by atoms with Crippen LogP contribution >= 0.6 is 0 Å². The first-order valence-corrected chi connectivity index (χ1v) is 6.38. The van der Waals surface area contributed by atoms with Crippen LogP contribution in [-0.2, 0) is 14.3 Å². The number of amides is 1. The summed E-state index contributed by atoms with van der Waals surface area (Å²) in [6.45, 7) is 3.78. The minimum atomic E-state index is -0.145. The minimum Gasteiger partial charge on any atom is -0.466 e. The fraction of sp³-hybridized carbons (Fsp3) is 0.833. The molecule has 5 nitrogen and oxygen atoms in total. The zero-order valence-electron chi connectivity index (χ0n) is 10.5. The number of hydrogen-bond acceptors (Lipinski definition) is 4. The molecule has 1 fully saturated rings. The lowest BCUT2D eigenvalue weighted by atomic mass is 10.1. The summed E-state index contributed by atoms with van der Waals surface area (Å²) in [7, 11) is 0. The van der Waals surface area contributed by atoms with Crippen molar-refractivity contribution in [1.29, 1.82) is 0 Å². The van der Waals surface area contributed by atoms with E-state index in [1.54, 1.807) is 6.92 Å². The number of carbonyl (C=O) groups is 2. The molecule has 1 heterocycles. The first kappa shape index (κ1) is 14.0. The van der Waals surface area contributed by atoms with E-state index in [1.165, 1.54) is 0 Å². The van der Waals surface area contributed by atoms with Crippen LogP contribution in [0.5, 0.6) is 0 Å². The normalized spacial score (nSPS) is 20.5. The molecule has 1 aliphatic heterocycles. The number of nitrogens with one attached hydrogen (secondary N) is 2. The van der Waals surface area contributed by atoms with Crippen LogP contribution in [0.25, 0.3) is 0 Å². The Morgan fingerprint density at radius 2 is 2.41 bits per heavy atom. The molecule has 17 heavy (non-hydrogen) atoms. The lowest BCUT2D eigenvalue weighted by Gasteiger charge is -2.14. The Labute approximate surface area is 102 Å². The van der Waals surface area contributed by atoms with Crippen LogP contribution < -0.4 is 10.6 Å². The van der Waals surface area contributed by atoms with Gasteiger partial charge in [-0.3, -0.25) is 9.59 Å². The molecule has 1 unspecified atom stereocenters. The Kier molecular flexibility index (Phi) is 6.62. The van der Waals surface area contributed by atoms with Gasteiger partial charge in [-0.25, -0.2) is 0 Å². The van der Waals surface area contributed by atoms with Gasteiger partial charge in [0.15, 0.2) is 0 Å². The number of esters is 1. The van der Waals surface area contributed by atoms with Gasteiger partial charge in [0.05, 0.1) is 6.61 Å². The first-order chi connectivity index (χ1) is 8.22. The van der Waals surface area contributed by atoms with Gasteiger partial charge in [0.1, 0.15) is 0 Å². The van der Waals surface area contributed by atoms with Crippen molar-refractivity contribution in [3.63, 3.8) is 0 Å². The molecule has 0 radical (unpaired) electrons. The highest BCUT2D eigenvalue weighted by Crippen LogP contribution is 2.06. The second-order valence-corrected chi connectivity index (χ2v) is 4.26. The third-order valence-electron chi connectivity index (χ3n) is 2.78. The van der Waals surface area contributed by atoms with E-state index < -0.39 is 0 Å². The summed E-state index contributed by atoms with van der Waals surface area (Å²) in [4.78, 5) is 22.4. The smallest absolute Gasteiger partial charge is 0.305 e. The molecule has 0 bridgehead atoms. The highest BCUT2D eigenvalue weighted by molar-refractivity contribution is 5.76. The molecular formula is C12H22N2O3. The summed E-state index contributed by atoms with van der Waals surface area (Å²) in [5, 5.41) is 6.17. The van der Waals surface area contributed by atoms with Gasteiger partial charge in [-0.15, -0.1) is 0 Å². The van der Waals surface area contributed by atoms with Crippen molar-refractivity contribution < 1.29 is 14.3 Å². The minimum absolute atomic E-state index is 0.116. The summed E-state index contributed by atoms with van der Waals surface area (Å²) in [5.41, 5.74) is 0. The molecule has 5 heteroatoms. The van der Waals surface area contributed by atoms with Gasteiger partial charge in [0, 0.05) is 25.4 Å². The fourth-order valence-corrected chi connectivity index (χ4v) is 1.92. The zero-order valence-corrected chi connectivity index (χ0v) is 10.5. The molecule has 0 aromatic heterocycles. The molecule has 0 saturated carbocycles. The van der Waals surface area contributed by atoms with Crippen molar-refractivity contribution in [1.82, 2.24) is 10.6 Å². The Balaban J connectivity index is 2.08. The summed E-state index contributed by atoms with van der Waals surface area (Å²) in [5.74, 6) is -0.0293. The number of hydrogen-bond donors (Lipinski definition) is 2. The average molecular weight is 242 g/mol. The third kappa shape index (κ3) is 6.26. The van der Waals surface area contributed by atoms with E-state index >= 15 is 0 Å². The quantitative estimate of drug-likeness (QED) is 0.528. The predicted molar refractivity (Wildman–Crippen MR) is 64.5 cm³/mol. The first-order valence-electron chi connectivity index (χ1n) is 6.38. The Morgan fingerprint density at radius 3 is 3.18 bits per heavy atom. The van der Waals surface area contributed by atoms with E-state index in [-0.39, 0.29) is 17.9 Å². The maximum Gasteiger partial charge on any atom is 0.305 e. The van der Waals surface area contributed by atoms with Gasteiger partial charge < -0.3 is 15.4 Å². The molecular weight excluding hydrogens is 220 g/mol.